The zero-order chi connectivity index (χ0) is 18.6. The number of hydrogen-bond acceptors (Lipinski definition) is 4. The van der Waals surface area contributed by atoms with Crippen LogP contribution in [0.15, 0.2) is 53.4 Å². The van der Waals surface area contributed by atoms with Crippen molar-refractivity contribution < 1.29 is 18.0 Å². The Balaban J connectivity index is 2.13. The molecular formula is C17H19ClN2O4S. The monoisotopic (exact) mass is 382 g/mol. The van der Waals surface area contributed by atoms with Crippen LogP contribution in [0, 0.1) is 0 Å². The van der Waals surface area contributed by atoms with Gasteiger partial charge >= 0.3 is 0 Å². The maximum atomic E-state index is 12.3. The van der Waals surface area contributed by atoms with Crippen LogP contribution in [0.25, 0.3) is 0 Å². The van der Waals surface area contributed by atoms with Gasteiger partial charge in [0.25, 0.3) is 15.9 Å². The van der Waals surface area contributed by atoms with Crippen LogP contribution < -0.4 is 5.32 Å². The second-order valence-electron chi connectivity index (χ2n) is 5.37. The number of nitrogens with one attached hydrogen (secondary N) is 1. The molecule has 1 atom stereocenters. The highest BCUT2D eigenvalue weighted by atomic mass is 35.5. The summed E-state index contributed by atoms with van der Waals surface area (Å²) in [7, 11) is -1.18. The van der Waals surface area contributed by atoms with E-state index < -0.39 is 10.0 Å². The Kier molecular flexibility index (Phi) is 6.18. The van der Waals surface area contributed by atoms with E-state index in [1.165, 1.54) is 38.4 Å². The lowest BCUT2D eigenvalue weighted by molar-refractivity contribution is -0.0258. The van der Waals surface area contributed by atoms with Crippen molar-refractivity contribution in [3.05, 3.63) is 64.7 Å². The Morgan fingerprint density at radius 3 is 2.40 bits per heavy atom. The molecule has 1 amide bonds. The average molecular weight is 383 g/mol. The fraction of sp³-hybridized carbons (Fsp3) is 0.235. The lowest BCUT2D eigenvalue weighted by Gasteiger charge is -2.16. The van der Waals surface area contributed by atoms with Crippen molar-refractivity contribution in [2.45, 2.75) is 17.9 Å². The van der Waals surface area contributed by atoms with Crippen LogP contribution in [0.5, 0.6) is 0 Å². The minimum absolute atomic E-state index is 0.0382. The molecule has 0 spiro atoms. The molecule has 0 heterocycles. The molecule has 2 aromatic rings. The van der Waals surface area contributed by atoms with Crippen LogP contribution in [0.1, 0.15) is 28.9 Å². The fourth-order valence-corrected chi connectivity index (χ4v) is 3.34. The molecule has 0 saturated heterocycles. The summed E-state index contributed by atoms with van der Waals surface area (Å²) in [5, 5.41) is 3.44. The third kappa shape index (κ3) is 4.58. The van der Waals surface area contributed by atoms with Crippen molar-refractivity contribution in [1.29, 1.82) is 0 Å². The number of nitrogens with zero attached hydrogens (tertiary/aromatic N) is 1. The molecule has 6 nitrogen and oxygen atoms in total. The molecule has 0 aliphatic rings. The fourth-order valence-electron chi connectivity index (χ4n) is 2.16. The van der Waals surface area contributed by atoms with Gasteiger partial charge in [0.2, 0.25) is 0 Å². The maximum absolute atomic E-state index is 12.3. The Morgan fingerprint density at radius 2 is 1.84 bits per heavy atom. The number of hydrogen-bond donors (Lipinski definition) is 1. The van der Waals surface area contributed by atoms with Crippen LogP contribution >= 0.6 is 11.6 Å². The Morgan fingerprint density at radius 1 is 1.20 bits per heavy atom. The molecule has 0 bridgehead atoms. The topological polar surface area (TPSA) is 75.7 Å². The largest absolute Gasteiger partial charge is 0.346 e. The van der Waals surface area contributed by atoms with E-state index >= 15 is 0 Å². The summed E-state index contributed by atoms with van der Waals surface area (Å²) in [5.74, 6) is -0.309. The van der Waals surface area contributed by atoms with Gasteiger partial charge in [-0.15, -0.1) is 0 Å². The first kappa shape index (κ1) is 19.4. The lowest BCUT2D eigenvalue weighted by atomic mass is 10.1. The highest BCUT2D eigenvalue weighted by molar-refractivity contribution is 7.89. The maximum Gasteiger partial charge on any atom is 0.264 e. The SMILES string of the molecule is CON(C)S(=O)(=O)c1ccc(C(=O)NC(C)c2cccc(Cl)c2)cc1. The molecule has 25 heavy (non-hydrogen) atoms. The standard InChI is InChI=1S/C17H19ClN2O4S/c1-12(14-5-4-6-15(18)11-14)19-17(21)13-7-9-16(10-8-13)25(22,23)20(2)24-3/h4-12H,1-3H3,(H,19,21). The average Bonchev–Trinajstić information content (AvgIpc) is 2.60. The molecule has 134 valence electrons. The summed E-state index contributed by atoms with van der Waals surface area (Å²) >= 11 is 5.96. The van der Waals surface area contributed by atoms with Gasteiger partial charge in [0.15, 0.2) is 0 Å². The molecule has 1 N–H and O–H groups in total. The zero-order valence-corrected chi connectivity index (χ0v) is 15.6. The molecule has 0 aliphatic carbocycles. The Bertz CT molecular complexity index is 853. The summed E-state index contributed by atoms with van der Waals surface area (Å²) in [4.78, 5) is 17.1. The van der Waals surface area contributed by atoms with Crippen molar-refractivity contribution in [1.82, 2.24) is 9.79 Å². The summed E-state index contributed by atoms with van der Waals surface area (Å²) < 4.78 is 25.0. The van der Waals surface area contributed by atoms with Crippen molar-refractivity contribution in [3.63, 3.8) is 0 Å². The van der Waals surface area contributed by atoms with E-state index in [9.17, 15) is 13.2 Å². The third-order valence-corrected chi connectivity index (χ3v) is 5.64. The summed E-state index contributed by atoms with van der Waals surface area (Å²) in [6.45, 7) is 1.84. The molecule has 0 aromatic heterocycles. The highest BCUT2D eigenvalue weighted by Gasteiger charge is 2.21. The van der Waals surface area contributed by atoms with Crippen molar-refractivity contribution in [2.24, 2.45) is 0 Å². The van der Waals surface area contributed by atoms with Crippen LogP contribution in [-0.4, -0.2) is 33.0 Å². The number of rotatable bonds is 6. The van der Waals surface area contributed by atoms with Crippen molar-refractivity contribution in [3.8, 4) is 0 Å². The molecular weight excluding hydrogens is 364 g/mol. The second kappa shape index (κ2) is 7.97. The third-order valence-electron chi connectivity index (χ3n) is 3.71. The minimum atomic E-state index is -3.74. The first-order valence-electron chi connectivity index (χ1n) is 7.45. The number of amides is 1. The second-order valence-corrected chi connectivity index (χ2v) is 7.74. The Hall–Kier alpha value is -1.93. The quantitative estimate of drug-likeness (QED) is 0.779. The molecule has 1 unspecified atom stereocenters. The number of hydroxylamine groups is 1. The molecule has 8 heteroatoms. The van der Waals surface area contributed by atoms with Crippen LogP contribution in [0.2, 0.25) is 5.02 Å². The van der Waals surface area contributed by atoms with Gasteiger partial charge in [0, 0.05) is 17.6 Å². The predicted octanol–water partition coefficient (Wildman–Crippen LogP) is 3.01. The van der Waals surface area contributed by atoms with Gasteiger partial charge in [0.05, 0.1) is 18.0 Å². The molecule has 0 saturated carbocycles. The predicted molar refractivity (Wildman–Crippen MR) is 95.7 cm³/mol. The number of carbonyl (C=O) groups excluding carboxylic acids is 1. The van der Waals surface area contributed by atoms with E-state index in [1.807, 2.05) is 19.1 Å². The van der Waals surface area contributed by atoms with E-state index in [-0.39, 0.29) is 16.8 Å². The van der Waals surface area contributed by atoms with E-state index in [0.717, 1.165) is 10.0 Å². The van der Waals surface area contributed by atoms with Crippen molar-refractivity contribution in [2.75, 3.05) is 14.2 Å². The van der Waals surface area contributed by atoms with E-state index in [4.69, 9.17) is 16.4 Å². The summed E-state index contributed by atoms with van der Waals surface area (Å²) in [6.07, 6.45) is 0. The first-order chi connectivity index (χ1) is 11.8. The minimum Gasteiger partial charge on any atom is -0.346 e. The van der Waals surface area contributed by atoms with Gasteiger partial charge in [-0.2, -0.15) is 0 Å². The van der Waals surface area contributed by atoms with Gasteiger partial charge in [-0.25, -0.2) is 8.42 Å². The summed E-state index contributed by atoms with van der Waals surface area (Å²) in [5.41, 5.74) is 1.23. The summed E-state index contributed by atoms with van der Waals surface area (Å²) in [6, 6.07) is 12.6. The number of halogens is 1. The van der Waals surface area contributed by atoms with E-state index in [2.05, 4.69) is 5.32 Å². The number of benzene rings is 2. The number of carbonyl (C=O) groups is 1. The van der Waals surface area contributed by atoms with Crippen LogP contribution in [-0.2, 0) is 14.9 Å². The Labute approximate surface area is 152 Å². The van der Waals surface area contributed by atoms with E-state index in [0.29, 0.717) is 10.6 Å². The highest BCUT2D eigenvalue weighted by Crippen LogP contribution is 2.19. The smallest absolute Gasteiger partial charge is 0.264 e. The van der Waals surface area contributed by atoms with Gasteiger partial charge in [-0.05, 0) is 48.9 Å². The lowest BCUT2D eigenvalue weighted by Crippen LogP contribution is -2.27. The molecule has 2 rings (SSSR count). The van der Waals surface area contributed by atoms with Gasteiger partial charge in [-0.3, -0.25) is 9.63 Å². The molecule has 0 aliphatic heterocycles. The normalized spacial score (nSPS) is 12.8. The zero-order valence-electron chi connectivity index (χ0n) is 14.1. The van der Waals surface area contributed by atoms with Gasteiger partial charge < -0.3 is 5.32 Å². The molecule has 2 aromatic carbocycles. The van der Waals surface area contributed by atoms with Gasteiger partial charge in [-0.1, -0.05) is 28.2 Å². The van der Waals surface area contributed by atoms with E-state index in [1.54, 1.807) is 12.1 Å². The number of sulfonamides is 1. The molecule has 0 fully saturated rings. The first-order valence-corrected chi connectivity index (χ1v) is 9.27. The van der Waals surface area contributed by atoms with Crippen LogP contribution in [0.4, 0.5) is 0 Å². The van der Waals surface area contributed by atoms with Crippen molar-refractivity contribution >= 4 is 27.5 Å². The van der Waals surface area contributed by atoms with Crippen LogP contribution in [0.3, 0.4) is 0 Å². The molecule has 0 radical (unpaired) electrons. The van der Waals surface area contributed by atoms with Gasteiger partial charge in [0.1, 0.15) is 0 Å².